The molecule has 0 aromatic rings. The van der Waals surface area contributed by atoms with Crippen molar-refractivity contribution in [1.29, 1.82) is 0 Å². The number of esters is 1. The van der Waals surface area contributed by atoms with Gasteiger partial charge in [0.2, 0.25) is 4.84 Å². The number of ether oxygens (including phenoxy) is 1. The van der Waals surface area contributed by atoms with Crippen LogP contribution in [-0.4, -0.2) is 16.9 Å². The predicted molar refractivity (Wildman–Crippen MR) is 150 cm³/mol. The molecule has 0 radical (unpaired) electrons. The van der Waals surface area contributed by atoms with E-state index in [1.165, 1.54) is 51.4 Å². The van der Waals surface area contributed by atoms with E-state index in [1.54, 1.807) is 0 Å². The van der Waals surface area contributed by atoms with Gasteiger partial charge >= 0.3 is 5.97 Å². The van der Waals surface area contributed by atoms with E-state index in [0.29, 0.717) is 27.6 Å². The molecule has 206 valence electrons. The van der Waals surface area contributed by atoms with Gasteiger partial charge in [0.25, 0.3) is 0 Å². The molecule has 0 bridgehead atoms. The minimum absolute atomic E-state index is 0.0657. The van der Waals surface area contributed by atoms with E-state index in [-0.39, 0.29) is 11.5 Å². The van der Waals surface area contributed by atoms with Crippen molar-refractivity contribution in [2.75, 3.05) is 0 Å². The molecule has 10 atom stereocenters. The Morgan fingerprint density at radius 1 is 0.778 bits per heavy atom. The fourth-order valence-corrected chi connectivity index (χ4v) is 12.2. The standard InChI is InChI=1S/C32H52Cl2O2/c1-19(2)20-11-14-29(5)17-18-31(7)21(25(20)29)9-10-23-30(6)15-13-24(36-27(35)26(33)34)28(3,4)22(30)12-16-32(23,31)8/h19-26H,9-18H2,1-8H3/t20-,21+,22-,23+,24-,25+,29+,30+,31+,32+/m0/s1. The topological polar surface area (TPSA) is 26.3 Å². The van der Waals surface area contributed by atoms with Crippen molar-refractivity contribution in [2.45, 2.75) is 131 Å². The number of alkyl halides is 2. The van der Waals surface area contributed by atoms with Crippen LogP contribution in [0.25, 0.3) is 0 Å². The average Bonchev–Trinajstić information content (AvgIpc) is 3.14. The summed E-state index contributed by atoms with van der Waals surface area (Å²) in [6, 6.07) is 0. The zero-order chi connectivity index (χ0) is 26.5. The first-order valence-electron chi connectivity index (χ1n) is 15.1. The number of fused-ring (bicyclic) bond motifs is 7. The summed E-state index contributed by atoms with van der Waals surface area (Å²) in [4.78, 5) is 11.2. The van der Waals surface area contributed by atoms with Crippen LogP contribution in [-0.2, 0) is 9.53 Å². The third-order valence-corrected chi connectivity index (χ3v) is 14.5. The second kappa shape index (κ2) is 8.78. The largest absolute Gasteiger partial charge is 0.460 e. The SMILES string of the molecule is CC(C)[C@@H]1CC[C@]2(C)CC[C@]3(C)[C@H](CC[C@@H]4[C@]5(C)CC[C@H](OC(=O)C(Cl)Cl)C(C)(C)[C@@H]5CC[C@]43C)[C@@H]12. The van der Waals surface area contributed by atoms with Crippen molar-refractivity contribution in [3.8, 4) is 0 Å². The molecule has 4 heteroatoms. The van der Waals surface area contributed by atoms with Gasteiger partial charge in [0, 0.05) is 5.41 Å². The molecule has 0 N–H and O–H groups in total. The van der Waals surface area contributed by atoms with Crippen LogP contribution in [0.1, 0.15) is 120 Å². The molecule has 0 unspecified atom stereocenters. The van der Waals surface area contributed by atoms with Crippen LogP contribution < -0.4 is 0 Å². The monoisotopic (exact) mass is 538 g/mol. The first-order valence-corrected chi connectivity index (χ1v) is 16.0. The molecule has 0 saturated heterocycles. The van der Waals surface area contributed by atoms with Gasteiger partial charge in [-0.25, -0.2) is 4.79 Å². The lowest BCUT2D eigenvalue weighted by Crippen LogP contribution is -2.66. The zero-order valence-electron chi connectivity index (χ0n) is 24.3. The van der Waals surface area contributed by atoms with Gasteiger partial charge in [-0.2, -0.15) is 0 Å². The molecular weight excluding hydrogens is 487 g/mol. The normalized spacial score (nSPS) is 51.8. The fourth-order valence-electron chi connectivity index (χ4n) is 12.1. The van der Waals surface area contributed by atoms with E-state index >= 15 is 0 Å². The van der Waals surface area contributed by atoms with Gasteiger partial charge < -0.3 is 4.74 Å². The van der Waals surface area contributed by atoms with Crippen molar-refractivity contribution < 1.29 is 9.53 Å². The third-order valence-electron chi connectivity index (χ3n) is 14.1. The van der Waals surface area contributed by atoms with Crippen LogP contribution in [0.2, 0.25) is 0 Å². The Hall–Kier alpha value is 0.0500. The Kier molecular flexibility index (Phi) is 6.73. The first-order chi connectivity index (χ1) is 16.6. The predicted octanol–water partition coefficient (Wildman–Crippen LogP) is 9.46. The van der Waals surface area contributed by atoms with Gasteiger partial charge in [0.1, 0.15) is 6.10 Å². The summed E-state index contributed by atoms with van der Waals surface area (Å²) < 4.78 is 5.92. The van der Waals surface area contributed by atoms with E-state index in [4.69, 9.17) is 27.9 Å². The lowest BCUT2D eigenvalue weighted by molar-refractivity contribution is -0.250. The van der Waals surface area contributed by atoms with Crippen molar-refractivity contribution >= 4 is 29.2 Å². The smallest absolute Gasteiger partial charge is 0.339 e. The highest BCUT2D eigenvalue weighted by atomic mass is 35.5. The Morgan fingerprint density at radius 3 is 2.11 bits per heavy atom. The number of hydrogen-bond donors (Lipinski definition) is 0. The second-order valence-corrected chi connectivity index (χ2v) is 17.0. The van der Waals surface area contributed by atoms with Crippen LogP contribution >= 0.6 is 23.2 Å². The van der Waals surface area contributed by atoms with E-state index in [1.807, 2.05) is 0 Å². The quantitative estimate of drug-likeness (QED) is 0.264. The molecule has 5 fully saturated rings. The summed E-state index contributed by atoms with van der Waals surface area (Å²) in [6.07, 6.45) is 13.1. The molecule has 36 heavy (non-hydrogen) atoms. The molecule has 5 aliphatic rings. The van der Waals surface area contributed by atoms with Crippen LogP contribution in [0.5, 0.6) is 0 Å². The molecule has 0 heterocycles. The molecule has 5 aliphatic carbocycles. The number of rotatable bonds is 3. The summed E-state index contributed by atoms with van der Waals surface area (Å²) in [5.41, 5.74) is 1.62. The van der Waals surface area contributed by atoms with Gasteiger partial charge in [0.15, 0.2) is 0 Å². The maximum Gasteiger partial charge on any atom is 0.339 e. The van der Waals surface area contributed by atoms with Gasteiger partial charge in [0.05, 0.1) is 0 Å². The van der Waals surface area contributed by atoms with Gasteiger partial charge in [-0.1, -0.05) is 78.6 Å². The molecular formula is C32H52Cl2O2. The van der Waals surface area contributed by atoms with Crippen molar-refractivity contribution in [1.82, 2.24) is 0 Å². The molecule has 0 aromatic carbocycles. The van der Waals surface area contributed by atoms with Gasteiger partial charge in [-0.3, -0.25) is 0 Å². The van der Waals surface area contributed by atoms with E-state index in [2.05, 4.69) is 55.4 Å². The molecule has 0 aromatic heterocycles. The van der Waals surface area contributed by atoms with Gasteiger partial charge in [-0.15, -0.1) is 0 Å². The van der Waals surface area contributed by atoms with E-state index < -0.39 is 10.8 Å². The lowest BCUT2D eigenvalue weighted by atomic mass is 9.32. The van der Waals surface area contributed by atoms with Crippen molar-refractivity contribution in [2.24, 2.45) is 62.6 Å². The van der Waals surface area contributed by atoms with Crippen molar-refractivity contribution in [3.63, 3.8) is 0 Å². The van der Waals surface area contributed by atoms with Gasteiger partial charge in [-0.05, 0) is 121 Å². The minimum atomic E-state index is -1.10. The Bertz CT molecular complexity index is 883. The molecule has 5 saturated carbocycles. The number of halogens is 2. The number of hydrogen-bond acceptors (Lipinski definition) is 2. The second-order valence-electron chi connectivity index (χ2n) is 15.9. The lowest BCUT2D eigenvalue weighted by Gasteiger charge is -2.73. The maximum absolute atomic E-state index is 12.3. The molecule has 0 spiro atoms. The van der Waals surface area contributed by atoms with Crippen LogP contribution in [0.15, 0.2) is 0 Å². The Morgan fingerprint density at radius 2 is 1.47 bits per heavy atom. The molecule has 2 nitrogen and oxygen atoms in total. The highest BCUT2D eigenvalue weighted by Gasteiger charge is 2.70. The summed E-state index contributed by atoms with van der Waals surface area (Å²) in [7, 11) is 0. The minimum Gasteiger partial charge on any atom is -0.460 e. The Balaban J connectivity index is 1.46. The summed E-state index contributed by atoms with van der Waals surface area (Å²) in [5.74, 6) is 4.32. The first kappa shape index (κ1) is 27.6. The highest BCUT2D eigenvalue weighted by molar-refractivity contribution is 6.52. The van der Waals surface area contributed by atoms with Crippen LogP contribution in [0, 0.1) is 62.6 Å². The van der Waals surface area contributed by atoms with E-state index in [0.717, 1.165) is 42.4 Å². The average molecular weight is 540 g/mol. The molecule has 0 aliphatic heterocycles. The molecule has 0 amide bonds. The zero-order valence-corrected chi connectivity index (χ0v) is 25.8. The third kappa shape index (κ3) is 3.64. The summed E-state index contributed by atoms with van der Waals surface area (Å²) >= 11 is 11.7. The fraction of sp³-hybridized carbons (Fsp3) is 0.969. The van der Waals surface area contributed by atoms with Crippen LogP contribution in [0.4, 0.5) is 0 Å². The maximum atomic E-state index is 12.3. The molecule has 5 rings (SSSR count). The summed E-state index contributed by atoms with van der Waals surface area (Å²) in [5, 5.41) is 0. The number of carbonyl (C=O) groups is 1. The summed E-state index contributed by atoms with van der Waals surface area (Å²) in [6.45, 7) is 20.4. The Labute approximate surface area is 231 Å². The number of carbonyl (C=O) groups excluding carboxylic acids is 1. The van der Waals surface area contributed by atoms with Crippen molar-refractivity contribution in [3.05, 3.63) is 0 Å². The van der Waals surface area contributed by atoms with Crippen LogP contribution in [0.3, 0.4) is 0 Å². The highest BCUT2D eigenvalue weighted by Crippen LogP contribution is 2.77. The van der Waals surface area contributed by atoms with E-state index in [9.17, 15) is 4.79 Å².